The van der Waals surface area contributed by atoms with Crippen molar-refractivity contribution in [3.05, 3.63) is 52.9 Å². The first-order chi connectivity index (χ1) is 12.0. The smallest absolute Gasteiger partial charge is 0.298 e. The summed E-state index contributed by atoms with van der Waals surface area (Å²) in [6.45, 7) is 0. The normalized spacial score (nSPS) is 15.8. The molecule has 0 atom stereocenters. The first-order valence-electron chi connectivity index (χ1n) is 7.32. The van der Waals surface area contributed by atoms with Crippen molar-refractivity contribution in [3.8, 4) is 17.2 Å². The van der Waals surface area contributed by atoms with E-state index >= 15 is 0 Å². The second-order valence-electron chi connectivity index (χ2n) is 5.14. The second-order valence-corrected chi connectivity index (χ2v) is 6.13. The maximum Gasteiger partial charge on any atom is 0.298 e. The Morgan fingerprint density at radius 2 is 1.76 bits per heavy atom. The molecule has 0 aromatic heterocycles. The Morgan fingerprint density at radius 3 is 2.40 bits per heavy atom. The fourth-order valence-electron chi connectivity index (χ4n) is 2.39. The summed E-state index contributed by atoms with van der Waals surface area (Å²) in [4.78, 5) is 26.3. The molecule has 1 fully saturated rings. The number of thioether (sulfide) groups is 1. The van der Waals surface area contributed by atoms with E-state index in [1.54, 1.807) is 31.4 Å². The minimum atomic E-state index is -0.425. The molecule has 25 heavy (non-hydrogen) atoms. The predicted molar refractivity (Wildman–Crippen MR) is 96.1 cm³/mol. The number of rotatable bonds is 4. The zero-order chi connectivity index (χ0) is 18.0. The molecule has 2 aromatic rings. The topological polar surface area (TPSA) is 76.1 Å². The van der Waals surface area contributed by atoms with Crippen molar-refractivity contribution < 1.29 is 24.2 Å². The molecule has 1 saturated heterocycles. The van der Waals surface area contributed by atoms with Crippen LogP contribution in [0.1, 0.15) is 5.56 Å². The molecule has 1 heterocycles. The van der Waals surface area contributed by atoms with Crippen LogP contribution in [0.4, 0.5) is 10.5 Å². The lowest BCUT2D eigenvalue weighted by Gasteiger charge is -2.12. The van der Waals surface area contributed by atoms with Gasteiger partial charge in [-0.1, -0.05) is 0 Å². The zero-order valence-corrected chi connectivity index (χ0v) is 14.4. The number of hydrogen-bond donors (Lipinski definition) is 1. The standard InChI is InChI=1S/C18H15NO5S/c1-23-14-7-8-15(24-2)11(9-14)10-16-17(21)19(18(22)25-16)12-3-5-13(20)6-4-12/h3-10,20H,1-2H3/b16-10+. The number of methoxy groups -OCH3 is 2. The number of nitrogens with zero attached hydrogens (tertiary/aromatic N) is 1. The monoisotopic (exact) mass is 357 g/mol. The number of hydrogen-bond acceptors (Lipinski definition) is 6. The molecule has 128 valence electrons. The predicted octanol–water partition coefficient (Wildman–Crippen LogP) is 3.65. The minimum Gasteiger partial charge on any atom is -0.508 e. The zero-order valence-electron chi connectivity index (χ0n) is 13.6. The first kappa shape index (κ1) is 16.9. The van der Waals surface area contributed by atoms with Crippen LogP contribution >= 0.6 is 11.8 Å². The number of phenols is 1. The summed E-state index contributed by atoms with van der Waals surface area (Å²) in [5.74, 6) is 0.819. The highest BCUT2D eigenvalue weighted by molar-refractivity contribution is 8.19. The van der Waals surface area contributed by atoms with Crippen LogP contribution in [0.25, 0.3) is 6.08 Å². The molecule has 0 aliphatic carbocycles. The fourth-order valence-corrected chi connectivity index (χ4v) is 3.22. The summed E-state index contributed by atoms with van der Waals surface area (Å²) in [6, 6.07) is 11.1. The molecule has 0 radical (unpaired) electrons. The molecule has 0 saturated carbocycles. The Kier molecular flexibility index (Phi) is 4.67. The number of aromatic hydroxyl groups is 1. The van der Waals surface area contributed by atoms with E-state index in [9.17, 15) is 14.7 Å². The summed E-state index contributed by atoms with van der Waals surface area (Å²) < 4.78 is 10.5. The highest BCUT2D eigenvalue weighted by Crippen LogP contribution is 2.37. The maximum atomic E-state index is 12.6. The van der Waals surface area contributed by atoms with Crippen LogP contribution in [0, 0.1) is 0 Å². The van der Waals surface area contributed by atoms with Crippen LogP contribution in [-0.2, 0) is 4.79 Å². The number of phenolic OH excluding ortho intramolecular Hbond substituents is 1. The van der Waals surface area contributed by atoms with Gasteiger partial charge in [0.05, 0.1) is 24.8 Å². The average Bonchev–Trinajstić information content (AvgIpc) is 2.89. The molecule has 1 aliphatic heterocycles. The summed E-state index contributed by atoms with van der Waals surface area (Å²) in [7, 11) is 3.08. The molecule has 6 nitrogen and oxygen atoms in total. The highest BCUT2D eigenvalue weighted by Gasteiger charge is 2.36. The van der Waals surface area contributed by atoms with Gasteiger partial charge < -0.3 is 14.6 Å². The Hall–Kier alpha value is -2.93. The number of imide groups is 1. The van der Waals surface area contributed by atoms with Gasteiger partial charge in [-0.15, -0.1) is 0 Å². The summed E-state index contributed by atoms with van der Waals surface area (Å²) >= 11 is 0.848. The van der Waals surface area contributed by atoms with Gasteiger partial charge in [0.2, 0.25) is 0 Å². The van der Waals surface area contributed by atoms with Crippen LogP contribution in [-0.4, -0.2) is 30.5 Å². The Labute approximate surface area is 148 Å². The molecule has 1 N–H and O–H groups in total. The minimum absolute atomic E-state index is 0.0624. The Bertz CT molecular complexity index is 860. The van der Waals surface area contributed by atoms with E-state index in [4.69, 9.17) is 9.47 Å². The lowest BCUT2D eigenvalue weighted by atomic mass is 10.1. The van der Waals surface area contributed by atoms with E-state index in [2.05, 4.69) is 0 Å². The van der Waals surface area contributed by atoms with Crippen LogP contribution in [0.3, 0.4) is 0 Å². The summed E-state index contributed by atoms with van der Waals surface area (Å²) in [6.07, 6.45) is 1.60. The number of benzene rings is 2. The molecular formula is C18H15NO5S. The van der Waals surface area contributed by atoms with Crippen LogP contribution in [0.15, 0.2) is 47.4 Å². The molecule has 2 aromatic carbocycles. The van der Waals surface area contributed by atoms with Gasteiger partial charge >= 0.3 is 0 Å². The first-order valence-corrected chi connectivity index (χ1v) is 8.14. The number of amides is 2. The molecular weight excluding hydrogens is 342 g/mol. The molecule has 7 heteroatoms. The number of anilines is 1. The molecule has 0 unspecified atom stereocenters. The molecule has 1 aliphatic rings. The summed E-state index contributed by atoms with van der Waals surface area (Å²) in [5, 5.41) is 8.96. The van der Waals surface area contributed by atoms with Crippen molar-refractivity contribution >= 4 is 34.7 Å². The van der Waals surface area contributed by atoms with E-state index in [0.717, 1.165) is 16.7 Å². The lowest BCUT2D eigenvalue weighted by Crippen LogP contribution is -2.27. The van der Waals surface area contributed by atoms with Gasteiger partial charge in [0.15, 0.2) is 0 Å². The molecule has 2 amide bonds. The van der Waals surface area contributed by atoms with Crippen LogP contribution in [0.5, 0.6) is 17.2 Å². The van der Waals surface area contributed by atoms with Crippen molar-refractivity contribution in [3.63, 3.8) is 0 Å². The van der Waals surface area contributed by atoms with Gasteiger partial charge in [-0.05, 0) is 60.3 Å². The third-order valence-corrected chi connectivity index (χ3v) is 4.49. The number of carbonyl (C=O) groups is 2. The number of carbonyl (C=O) groups excluding carboxylic acids is 2. The van der Waals surface area contributed by atoms with E-state index in [-0.39, 0.29) is 10.7 Å². The number of ether oxygens (including phenoxy) is 2. The van der Waals surface area contributed by atoms with Crippen molar-refractivity contribution in [2.75, 3.05) is 19.1 Å². The van der Waals surface area contributed by atoms with Crippen molar-refractivity contribution in [2.24, 2.45) is 0 Å². The van der Waals surface area contributed by atoms with Gasteiger partial charge in [-0.2, -0.15) is 0 Å². The van der Waals surface area contributed by atoms with Gasteiger partial charge in [0, 0.05) is 5.56 Å². The van der Waals surface area contributed by atoms with Crippen molar-refractivity contribution in [1.29, 1.82) is 0 Å². The van der Waals surface area contributed by atoms with E-state index in [0.29, 0.717) is 22.7 Å². The Morgan fingerprint density at radius 1 is 1.04 bits per heavy atom. The maximum absolute atomic E-state index is 12.6. The average molecular weight is 357 g/mol. The largest absolute Gasteiger partial charge is 0.508 e. The third-order valence-electron chi connectivity index (χ3n) is 3.63. The quantitative estimate of drug-likeness (QED) is 0.842. The van der Waals surface area contributed by atoms with Gasteiger partial charge in [0.25, 0.3) is 11.1 Å². The molecule has 0 spiro atoms. The van der Waals surface area contributed by atoms with Crippen molar-refractivity contribution in [1.82, 2.24) is 0 Å². The van der Waals surface area contributed by atoms with Crippen molar-refractivity contribution in [2.45, 2.75) is 0 Å². The van der Waals surface area contributed by atoms with Gasteiger partial charge in [0.1, 0.15) is 17.2 Å². The highest BCUT2D eigenvalue weighted by atomic mass is 32.2. The Balaban J connectivity index is 1.97. The van der Waals surface area contributed by atoms with E-state index < -0.39 is 11.1 Å². The third kappa shape index (κ3) is 3.32. The molecule has 0 bridgehead atoms. The SMILES string of the molecule is COc1ccc(OC)c(/C=C2/SC(=O)N(c3ccc(O)cc3)C2=O)c1. The van der Waals surface area contributed by atoms with E-state index in [1.807, 2.05) is 0 Å². The van der Waals surface area contributed by atoms with Gasteiger partial charge in [-0.3, -0.25) is 9.59 Å². The van der Waals surface area contributed by atoms with Crippen LogP contribution < -0.4 is 14.4 Å². The molecule has 3 rings (SSSR count). The summed E-state index contributed by atoms with van der Waals surface area (Å²) in [5.41, 5.74) is 1.04. The lowest BCUT2D eigenvalue weighted by molar-refractivity contribution is -0.113. The van der Waals surface area contributed by atoms with E-state index in [1.165, 1.54) is 31.4 Å². The fraction of sp³-hybridized carbons (Fsp3) is 0.111. The second kappa shape index (κ2) is 6.90. The van der Waals surface area contributed by atoms with Crippen LogP contribution in [0.2, 0.25) is 0 Å². The van der Waals surface area contributed by atoms with Gasteiger partial charge in [-0.25, -0.2) is 4.90 Å².